The number of hydrogen-bond acceptors (Lipinski definition) is 3. The highest BCUT2D eigenvalue weighted by molar-refractivity contribution is 9.10. The van der Waals surface area contributed by atoms with Gasteiger partial charge in [0.1, 0.15) is 0 Å². The molecule has 0 aromatic heterocycles. The standard InChI is InChI=1S/C17H24BrN3O2.ClH/c18-14-8-4-7-13(9-14)17(23)20-11-16(22)21-15(10-19)12-5-2-1-3-6-12;/h4,7-9,12,15H,1-3,5-6,10-11,19H2,(H,20,23)(H,21,22);1H. The van der Waals surface area contributed by atoms with Gasteiger partial charge in [0.15, 0.2) is 0 Å². The lowest BCUT2D eigenvalue weighted by Gasteiger charge is -2.30. The molecule has 24 heavy (non-hydrogen) atoms. The van der Waals surface area contributed by atoms with E-state index in [1.807, 2.05) is 6.07 Å². The first-order valence-electron chi connectivity index (χ1n) is 8.13. The van der Waals surface area contributed by atoms with E-state index in [9.17, 15) is 9.59 Å². The van der Waals surface area contributed by atoms with Crippen molar-refractivity contribution in [3.05, 3.63) is 34.3 Å². The minimum absolute atomic E-state index is 0. The summed E-state index contributed by atoms with van der Waals surface area (Å²) in [6.07, 6.45) is 5.91. The summed E-state index contributed by atoms with van der Waals surface area (Å²) in [4.78, 5) is 24.1. The third-order valence-corrected chi connectivity index (χ3v) is 4.81. The van der Waals surface area contributed by atoms with Crippen molar-refractivity contribution in [2.24, 2.45) is 11.7 Å². The minimum Gasteiger partial charge on any atom is -0.350 e. The molecule has 7 heteroatoms. The van der Waals surface area contributed by atoms with Crippen LogP contribution in [0.5, 0.6) is 0 Å². The molecule has 4 N–H and O–H groups in total. The second kappa shape index (κ2) is 10.7. The highest BCUT2D eigenvalue weighted by Crippen LogP contribution is 2.26. The molecule has 1 aromatic carbocycles. The van der Waals surface area contributed by atoms with E-state index < -0.39 is 0 Å². The van der Waals surface area contributed by atoms with Crippen LogP contribution >= 0.6 is 28.3 Å². The maximum absolute atomic E-state index is 12.1. The molecule has 0 spiro atoms. The van der Waals surface area contributed by atoms with Crippen molar-refractivity contribution in [3.8, 4) is 0 Å². The molecule has 5 nitrogen and oxygen atoms in total. The highest BCUT2D eigenvalue weighted by atomic mass is 79.9. The third kappa shape index (κ3) is 6.42. The number of nitrogens with two attached hydrogens (primary N) is 1. The maximum Gasteiger partial charge on any atom is 0.251 e. The van der Waals surface area contributed by atoms with Gasteiger partial charge in [0.2, 0.25) is 5.91 Å². The summed E-state index contributed by atoms with van der Waals surface area (Å²) in [6, 6.07) is 7.07. The largest absolute Gasteiger partial charge is 0.350 e. The van der Waals surface area contributed by atoms with Crippen LogP contribution in [0, 0.1) is 5.92 Å². The molecule has 1 saturated carbocycles. The van der Waals surface area contributed by atoms with Gasteiger partial charge in [-0.05, 0) is 37.0 Å². The molecule has 134 valence electrons. The van der Waals surface area contributed by atoms with Gasteiger partial charge in [0.05, 0.1) is 6.54 Å². The normalized spacial score (nSPS) is 15.9. The topological polar surface area (TPSA) is 84.2 Å². The quantitative estimate of drug-likeness (QED) is 0.664. The molecule has 0 heterocycles. The van der Waals surface area contributed by atoms with E-state index in [1.54, 1.807) is 18.2 Å². The smallest absolute Gasteiger partial charge is 0.251 e. The Morgan fingerprint density at radius 3 is 2.58 bits per heavy atom. The number of carbonyl (C=O) groups excluding carboxylic acids is 2. The van der Waals surface area contributed by atoms with E-state index in [2.05, 4.69) is 26.6 Å². The lowest BCUT2D eigenvalue weighted by molar-refractivity contribution is -0.121. The van der Waals surface area contributed by atoms with Gasteiger partial charge in [-0.15, -0.1) is 12.4 Å². The molecule has 0 radical (unpaired) electrons. The molecule has 2 rings (SSSR count). The molecule has 1 aliphatic carbocycles. The van der Waals surface area contributed by atoms with Crippen LogP contribution < -0.4 is 16.4 Å². The lowest BCUT2D eigenvalue weighted by Crippen LogP contribution is -2.49. The Morgan fingerprint density at radius 1 is 1.25 bits per heavy atom. The maximum atomic E-state index is 12.1. The van der Waals surface area contributed by atoms with Crippen molar-refractivity contribution in [1.82, 2.24) is 10.6 Å². The number of amides is 2. The summed E-state index contributed by atoms with van der Waals surface area (Å²) in [7, 11) is 0. The first kappa shape index (κ1) is 20.9. The van der Waals surface area contributed by atoms with Crippen LogP contribution in [0.25, 0.3) is 0 Å². The predicted octanol–water partition coefficient (Wildman–Crippen LogP) is 2.62. The zero-order valence-corrected chi connectivity index (χ0v) is 16.0. The minimum atomic E-state index is -0.261. The van der Waals surface area contributed by atoms with Crippen LogP contribution in [0.1, 0.15) is 42.5 Å². The van der Waals surface area contributed by atoms with Crippen molar-refractivity contribution < 1.29 is 9.59 Å². The fourth-order valence-corrected chi connectivity index (χ4v) is 3.46. The average molecular weight is 419 g/mol. The number of rotatable bonds is 6. The van der Waals surface area contributed by atoms with Gasteiger partial charge in [0, 0.05) is 22.6 Å². The van der Waals surface area contributed by atoms with Gasteiger partial charge in [-0.1, -0.05) is 41.3 Å². The third-order valence-electron chi connectivity index (χ3n) is 4.32. The van der Waals surface area contributed by atoms with Crippen molar-refractivity contribution in [2.45, 2.75) is 38.1 Å². The molecular weight excluding hydrogens is 394 g/mol. The Kier molecular flexibility index (Phi) is 9.33. The van der Waals surface area contributed by atoms with Crippen molar-refractivity contribution in [1.29, 1.82) is 0 Å². The highest BCUT2D eigenvalue weighted by Gasteiger charge is 2.24. The SMILES string of the molecule is Cl.NCC(NC(=O)CNC(=O)c1cccc(Br)c1)C1CCCCC1. The molecule has 0 saturated heterocycles. The predicted molar refractivity (Wildman–Crippen MR) is 101 cm³/mol. The number of benzene rings is 1. The van der Waals surface area contributed by atoms with Crippen LogP contribution in [0.4, 0.5) is 0 Å². The molecule has 1 fully saturated rings. The second-order valence-corrected chi connectivity index (χ2v) is 6.92. The first-order valence-corrected chi connectivity index (χ1v) is 8.92. The Labute approximate surface area is 157 Å². The van der Waals surface area contributed by atoms with Gasteiger partial charge >= 0.3 is 0 Å². The average Bonchev–Trinajstić information content (AvgIpc) is 2.58. The van der Waals surface area contributed by atoms with E-state index in [1.165, 1.54) is 19.3 Å². The molecule has 1 atom stereocenters. The summed E-state index contributed by atoms with van der Waals surface area (Å²) < 4.78 is 0.829. The van der Waals surface area contributed by atoms with Gasteiger partial charge < -0.3 is 16.4 Å². The van der Waals surface area contributed by atoms with E-state index in [-0.39, 0.29) is 36.8 Å². The molecular formula is C17H25BrClN3O2. The van der Waals surface area contributed by atoms with Crippen molar-refractivity contribution in [3.63, 3.8) is 0 Å². The molecule has 0 bridgehead atoms. The first-order chi connectivity index (χ1) is 11.1. The van der Waals surface area contributed by atoms with Crippen LogP contribution in [-0.2, 0) is 4.79 Å². The zero-order valence-electron chi connectivity index (χ0n) is 13.6. The van der Waals surface area contributed by atoms with Crippen LogP contribution in [0.3, 0.4) is 0 Å². The van der Waals surface area contributed by atoms with E-state index in [4.69, 9.17) is 5.73 Å². The molecule has 0 aliphatic heterocycles. The Morgan fingerprint density at radius 2 is 1.96 bits per heavy atom. The summed E-state index contributed by atoms with van der Waals surface area (Å²) in [5.74, 6) is 0.0104. The zero-order chi connectivity index (χ0) is 16.7. The Hall–Kier alpha value is -1.11. The van der Waals surface area contributed by atoms with Gasteiger partial charge in [-0.2, -0.15) is 0 Å². The monoisotopic (exact) mass is 417 g/mol. The fraction of sp³-hybridized carbons (Fsp3) is 0.529. The summed E-state index contributed by atoms with van der Waals surface area (Å²) >= 11 is 3.32. The Bertz CT molecular complexity index is 550. The molecule has 1 aromatic rings. The van der Waals surface area contributed by atoms with E-state index in [0.29, 0.717) is 18.0 Å². The summed E-state index contributed by atoms with van der Waals surface area (Å²) in [6.45, 7) is 0.407. The van der Waals surface area contributed by atoms with Crippen LogP contribution in [0.2, 0.25) is 0 Å². The summed E-state index contributed by atoms with van der Waals surface area (Å²) in [5.41, 5.74) is 6.33. The van der Waals surface area contributed by atoms with Gasteiger partial charge in [-0.25, -0.2) is 0 Å². The number of hydrogen-bond donors (Lipinski definition) is 3. The number of nitrogens with one attached hydrogen (secondary N) is 2. The lowest BCUT2D eigenvalue weighted by atomic mass is 9.84. The number of carbonyl (C=O) groups is 2. The fourth-order valence-electron chi connectivity index (χ4n) is 3.06. The second-order valence-electron chi connectivity index (χ2n) is 6.00. The number of halogens is 2. The molecule has 1 unspecified atom stereocenters. The van der Waals surface area contributed by atoms with Crippen molar-refractivity contribution in [2.75, 3.05) is 13.1 Å². The Balaban J connectivity index is 0.00000288. The molecule has 2 amide bonds. The van der Waals surface area contributed by atoms with Gasteiger partial charge in [-0.3, -0.25) is 9.59 Å². The van der Waals surface area contributed by atoms with E-state index in [0.717, 1.165) is 17.3 Å². The van der Waals surface area contributed by atoms with Crippen LogP contribution in [0.15, 0.2) is 28.7 Å². The van der Waals surface area contributed by atoms with Crippen LogP contribution in [-0.4, -0.2) is 30.9 Å². The van der Waals surface area contributed by atoms with Gasteiger partial charge in [0.25, 0.3) is 5.91 Å². The molecule has 1 aliphatic rings. The van der Waals surface area contributed by atoms with Crippen molar-refractivity contribution >= 4 is 40.2 Å². The summed E-state index contributed by atoms with van der Waals surface area (Å²) in [5, 5.41) is 5.61. The van der Waals surface area contributed by atoms with E-state index >= 15 is 0 Å².